The summed E-state index contributed by atoms with van der Waals surface area (Å²) in [5.74, 6) is 0.628. The number of hydrogen-bond donors (Lipinski definition) is 2. The minimum absolute atomic E-state index is 0.0895. The number of nitrogens with zero attached hydrogens (tertiary/aromatic N) is 2. The summed E-state index contributed by atoms with van der Waals surface area (Å²) >= 11 is 5.94. The molecule has 1 aromatic heterocycles. The Morgan fingerprint density at radius 3 is 2.67 bits per heavy atom. The minimum Gasteiger partial charge on any atom is -0.338 e. The van der Waals surface area contributed by atoms with E-state index < -0.39 is 10.0 Å². The van der Waals surface area contributed by atoms with E-state index >= 15 is 0 Å². The van der Waals surface area contributed by atoms with Crippen LogP contribution in [0.1, 0.15) is 22.8 Å². The van der Waals surface area contributed by atoms with Crippen molar-refractivity contribution in [1.29, 1.82) is 0 Å². The van der Waals surface area contributed by atoms with Gasteiger partial charge in [0.25, 0.3) is 0 Å². The number of nitrogens with two attached hydrogens (primary N) is 1. The van der Waals surface area contributed by atoms with E-state index in [1.807, 2.05) is 0 Å². The van der Waals surface area contributed by atoms with Crippen LogP contribution < -0.4 is 10.5 Å². The number of halogens is 1. The van der Waals surface area contributed by atoms with Gasteiger partial charge in [0.15, 0.2) is 5.82 Å². The van der Waals surface area contributed by atoms with Gasteiger partial charge < -0.3 is 10.3 Å². The molecular weight excluding hydrogens is 316 g/mol. The van der Waals surface area contributed by atoms with Gasteiger partial charge in [-0.05, 0) is 37.1 Å². The molecule has 0 fully saturated rings. The van der Waals surface area contributed by atoms with Crippen LogP contribution >= 0.6 is 11.6 Å². The molecule has 0 aliphatic carbocycles. The third-order valence-corrected chi connectivity index (χ3v) is 4.67. The summed E-state index contributed by atoms with van der Waals surface area (Å²) in [7, 11) is -3.75. The second kappa shape index (κ2) is 6.10. The van der Waals surface area contributed by atoms with E-state index in [9.17, 15) is 8.42 Å². The van der Waals surface area contributed by atoms with Crippen molar-refractivity contribution >= 4 is 21.6 Å². The van der Waals surface area contributed by atoms with Crippen LogP contribution in [0, 0.1) is 13.8 Å². The Morgan fingerprint density at radius 2 is 2.10 bits per heavy atom. The van der Waals surface area contributed by atoms with Crippen molar-refractivity contribution in [2.45, 2.75) is 31.8 Å². The number of rotatable bonds is 5. The fourth-order valence-corrected chi connectivity index (χ4v) is 3.44. The molecule has 114 valence electrons. The first-order valence-electron chi connectivity index (χ1n) is 6.11. The highest BCUT2D eigenvalue weighted by molar-refractivity contribution is 7.89. The third kappa shape index (κ3) is 3.59. The van der Waals surface area contributed by atoms with Crippen LogP contribution in [0.15, 0.2) is 21.6 Å². The van der Waals surface area contributed by atoms with E-state index in [1.54, 1.807) is 19.9 Å². The van der Waals surface area contributed by atoms with E-state index in [2.05, 4.69) is 14.9 Å². The van der Waals surface area contributed by atoms with Crippen LogP contribution in [0.2, 0.25) is 5.02 Å². The van der Waals surface area contributed by atoms with Crippen LogP contribution in [0.4, 0.5) is 0 Å². The van der Waals surface area contributed by atoms with Crippen molar-refractivity contribution < 1.29 is 12.9 Å². The summed E-state index contributed by atoms with van der Waals surface area (Å²) in [6.07, 6.45) is 0. The molecule has 0 aliphatic rings. The van der Waals surface area contributed by atoms with E-state index in [0.717, 1.165) is 0 Å². The quantitative estimate of drug-likeness (QED) is 0.854. The number of sulfonamides is 1. The summed E-state index contributed by atoms with van der Waals surface area (Å²) in [4.78, 5) is 4.02. The topological polar surface area (TPSA) is 111 Å². The van der Waals surface area contributed by atoms with Crippen LogP contribution in [0.3, 0.4) is 0 Å². The highest BCUT2D eigenvalue weighted by Gasteiger charge is 2.20. The number of nitrogens with one attached hydrogen (secondary N) is 1. The molecule has 2 aromatic rings. The Labute approximate surface area is 127 Å². The molecule has 1 aromatic carbocycles. The maximum Gasteiger partial charge on any atom is 0.241 e. The van der Waals surface area contributed by atoms with Gasteiger partial charge in [-0.1, -0.05) is 16.8 Å². The largest absolute Gasteiger partial charge is 0.338 e. The molecule has 0 spiro atoms. The zero-order valence-corrected chi connectivity index (χ0v) is 13.1. The molecule has 9 heteroatoms. The first-order valence-corrected chi connectivity index (χ1v) is 7.97. The summed E-state index contributed by atoms with van der Waals surface area (Å²) in [5.41, 5.74) is 6.84. The van der Waals surface area contributed by atoms with Crippen molar-refractivity contribution in [1.82, 2.24) is 14.9 Å². The average Bonchev–Trinajstić information content (AvgIpc) is 2.84. The van der Waals surface area contributed by atoms with E-state index in [4.69, 9.17) is 21.9 Å². The van der Waals surface area contributed by atoms with Crippen molar-refractivity contribution in [3.8, 4) is 0 Å². The normalized spacial score (nSPS) is 11.8. The van der Waals surface area contributed by atoms with Gasteiger partial charge in [0.2, 0.25) is 15.9 Å². The van der Waals surface area contributed by atoms with Crippen LogP contribution in [-0.4, -0.2) is 18.6 Å². The summed E-state index contributed by atoms with van der Waals surface area (Å²) < 4.78 is 32.0. The number of hydrogen-bond acceptors (Lipinski definition) is 6. The molecule has 0 radical (unpaired) electrons. The molecule has 0 saturated carbocycles. The van der Waals surface area contributed by atoms with Gasteiger partial charge in [-0.2, -0.15) is 4.98 Å². The zero-order valence-electron chi connectivity index (χ0n) is 11.6. The maximum absolute atomic E-state index is 12.4. The lowest BCUT2D eigenvalue weighted by Gasteiger charge is -2.12. The highest BCUT2D eigenvalue weighted by atomic mass is 35.5. The second-order valence-electron chi connectivity index (χ2n) is 4.45. The molecule has 0 saturated heterocycles. The number of aryl methyl sites for hydroxylation is 1. The molecule has 0 atom stereocenters. The molecule has 0 amide bonds. The van der Waals surface area contributed by atoms with Crippen molar-refractivity contribution in [2.75, 3.05) is 0 Å². The average molecular weight is 331 g/mol. The Hall–Kier alpha value is -1.48. The predicted octanol–water partition coefficient (Wildman–Crippen LogP) is 1.28. The zero-order chi connectivity index (χ0) is 15.6. The maximum atomic E-state index is 12.4. The molecule has 2 rings (SSSR count). The third-order valence-electron chi connectivity index (χ3n) is 2.92. The van der Waals surface area contributed by atoms with Gasteiger partial charge >= 0.3 is 0 Å². The lowest BCUT2D eigenvalue weighted by molar-refractivity contribution is 0.372. The lowest BCUT2D eigenvalue weighted by Crippen LogP contribution is -2.24. The SMILES string of the molecule is Cc1noc(CNS(=O)(=O)c2cc(Cl)cc(CN)c2C)n1. The second-order valence-corrected chi connectivity index (χ2v) is 6.62. The fourth-order valence-electron chi connectivity index (χ4n) is 1.85. The summed E-state index contributed by atoms with van der Waals surface area (Å²) in [6.45, 7) is 3.45. The summed E-state index contributed by atoms with van der Waals surface area (Å²) in [6, 6.07) is 3.04. The van der Waals surface area contributed by atoms with Crippen LogP contribution in [0.25, 0.3) is 0 Å². The van der Waals surface area contributed by atoms with E-state index in [-0.39, 0.29) is 23.9 Å². The van der Waals surface area contributed by atoms with Crippen LogP contribution in [0.5, 0.6) is 0 Å². The molecule has 1 heterocycles. The standard InChI is InChI=1S/C12H15ClN4O3S/c1-7-9(5-14)3-10(13)4-11(7)21(18,19)15-6-12-16-8(2)17-20-12/h3-4,15H,5-6,14H2,1-2H3. The predicted molar refractivity (Wildman–Crippen MR) is 77.1 cm³/mol. The van der Waals surface area contributed by atoms with Gasteiger partial charge in [0, 0.05) is 11.6 Å². The van der Waals surface area contributed by atoms with Crippen molar-refractivity contribution in [3.05, 3.63) is 40.0 Å². The highest BCUT2D eigenvalue weighted by Crippen LogP contribution is 2.24. The first-order chi connectivity index (χ1) is 9.83. The lowest BCUT2D eigenvalue weighted by atomic mass is 10.1. The van der Waals surface area contributed by atoms with E-state index in [0.29, 0.717) is 22.0 Å². The van der Waals surface area contributed by atoms with Gasteiger partial charge in [0.05, 0.1) is 11.4 Å². The Morgan fingerprint density at radius 1 is 1.38 bits per heavy atom. The Balaban J connectivity index is 2.29. The number of benzene rings is 1. The first kappa shape index (κ1) is 15.9. The smallest absolute Gasteiger partial charge is 0.241 e. The van der Waals surface area contributed by atoms with Gasteiger partial charge in [-0.15, -0.1) is 0 Å². The molecule has 3 N–H and O–H groups in total. The fraction of sp³-hybridized carbons (Fsp3) is 0.333. The van der Waals surface area contributed by atoms with Gasteiger partial charge in [-0.3, -0.25) is 0 Å². The van der Waals surface area contributed by atoms with Crippen molar-refractivity contribution in [3.63, 3.8) is 0 Å². The molecule has 21 heavy (non-hydrogen) atoms. The molecule has 7 nitrogen and oxygen atoms in total. The molecule has 0 unspecified atom stereocenters. The Bertz CT molecular complexity index is 758. The molecule has 0 aliphatic heterocycles. The summed E-state index contributed by atoms with van der Waals surface area (Å²) in [5, 5.41) is 3.91. The Kier molecular flexibility index (Phi) is 4.62. The monoisotopic (exact) mass is 330 g/mol. The minimum atomic E-state index is -3.75. The molecular formula is C12H15ClN4O3S. The van der Waals surface area contributed by atoms with Gasteiger partial charge in [0.1, 0.15) is 0 Å². The van der Waals surface area contributed by atoms with E-state index in [1.165, 1.54) is 6.07 Å². The number of aromatic nitrogens is 2. The van der Waals surface area contributed by atoms with Crippen molar-refractivity contribution in [2.24, 2.45) is 5.73 Å². The van der Waals surface area contributed by atoms with Crippen LogP contribution in [-0.2, 0) is 23.1 Å². The molecule has 0 bridgehead atoms. The van der Waals surface area contributed by atoms with Gasteiger partial charge in [-0.25, -0.2) is 13.1 Å².